The van der Waals surface area contributed by atoms with Gasteiger partial charge in [-0.25, -0.2) is 4.98 Å². The summed E-state index contributed by atoms with van der Waals surface area (Å²) in [6, 6.07) is 3.52. The number of hydrogen-bond acceptors (Lipinski definition) is 4. The number of rotatable bonds is 4. The highest BCUT2D eigenvalue weighted by Crippen LogP contribution is 2.15. The third-order valence-electron chi connectivity index (χ3n) is 2.56. The second kappa shape index (κ2) is 5.79. The lowest BCUT2D eigenvalue weighted by Crippen LogP contribution is -2.28. The first kappa shape index (κ1) is 13.5. The van der Waals surface area contributed by atoms with Crippen LogP contribution in [0.1, 0.15) is 24.4 Å². The molecule has 0 radical (unpaired) electrons. The summed E-state index contributed by atoms with van der Waals surface area (Å²) in [5, 5.41) is 9.59. The van der Waals surface area contributed by atoms with E-state index < -0.39 is 0 Å². The first-order valence-corrected chi connectivity index (χ1v) is 6.34. The summed E-state index contributed by atoms with van der Waals surface area (Å²) in [6.45, 7) is 3.78. The molecule has 1 unspecified atom stereocenters. The Hall–Kier alpha value is -1.95. The molecular weight excluding hydrogens is 266 g/mol. The van der Waals surface area contributed by atoms with Crippen LogP contribution in [0, 0.1) is 6.92 Å². The predicted molar refractivity (Wildman–Crippen MR) is 71.6 cm³/mol. The average Bonchev–Trinajstić information content (AvgIpc) is 2.88. The first-order valence-electron chi connectivity index (χ1n) is 5.81. The van der Waals surface area contributed by atoms with Gasteiger partial charge in [-0.15, -0.1) is 11.6 Å². The lowest BCUT2D eigenvalue weighted by molar-refractivity contribution is -0.119. The summed E-state index contributed by atoms with van der Waals surface area (Å²) in [4.78, 5) is 19.7. The number of H-pyrrole nitrogens is 1. The van der Waals surface area contributed by atoms with Crippen LogP contribution in [-0.2, 0) is 4.79 Å². The number of pyridine rings is 1. The van der Waals surface area contributed by atoms with Gasteiger partial charge in [0.15, 0.2) is 5.82 Å². The van der Waals surface area contributed by atoms with Gasteiger partial charge in [0, 0.05) is 6.20 Å². The number of aromatic amines is 1. The third-order valence-corrected chi connectivity index (χ3v) is 2.80. The first-order chi connectivity index (χ1) is 9.10. The van der Waals surface area contributed by atoms with E-state index in [2.05, 4.69) is 25.5 Å². The maximum Gasteiger partial charge on any atom is 0.235 e. The molecule has 0 saturated heterocycles. The Balaban J connectivity index is 2.17. The summed E-state index contributed by atoms with van der Waals surface area (Å²) >= 11 is 5.43. The number of amides is 1. The number of nitrogens with zero attached hydrogens (tertiary/aromatic N) is 3. The van der Waals surface area contributed by atoms with Crippen molar-refractivity contribution in [3.8, 4) is 11.5 Å². The van der Waals surface area contributed by atoms with Crippen molar-refractivity contribution in [2.24, 2.45) is 0 Å². The SMILES string of the molecule is Cc1ccnc(-c2n[nH]c(C(C)NC(=O)CCl)n2)c1. The number of hydrogen-bond donors (Lipinski definition) is 2. The summed E-state index contributed by atoms with van der Waals surface area (Å²) in [5.41, 5.74) is 1.78. The van der Waals surface area contributed by atoms with Crippen LogP contribution in [0.3, 0.4) is 0 Å². The van der Waals surface area contributed by atoms with Crippen molar-refractivity contribution in [1.29, 1.82) is 0 Å². The van der Waals surface area contributed by atoms with Crippen LogP contribution in [0.5, 0.6) is 0 Å². The normalized spacial score (nSPS) is 12.2. The summed E-state index contributed by atoms with van der Waals surface area (Å²) in [5.74, 6) is 0.744. The lowest BCUT2D eigenvalue weighted by Gasteiger charge is -2.08. The van der Waals surface area contributed by atoms with Crippen molar-refractivity contribution in [3.05, 3.63) is 29.7 Å². The highest BCUT2D eigenvalue weighted by molar-refractivity contribution is 6.27. The molecule has 2 heterocycles. The second-order valence-corrected chi connectivity index (χ2v) is 4.45. The molecule has 0 aliphatic rings. The maximum absolute atomic E-state index is 11.2. The molecule has 100 valence electrons. The molecule has 1 atom stereocenters. The molecule has 0 saturated carbocycles. The van der Waals surface area contributed by atoms with Gasteiger partial charge in [0.2, 0.25) is 5.91 Å². The Bertz CT molecular complexity index is 583. The molecule has 2 rings (SSSR count). The van der Waals surface area contributed by atoms with E-state index in [1.54, 1.807) is 13.1 Å². The number of alkyl halides is 1. The van der Waals surface area contributed by atoms with Gasteiger partial charge in [-0.1, -0.05) is 0 Å². The van der Waals surface area contributed by atoms with E-state index in [-0.39, 0.29) is 17.8 Å². The van der Waals surface area contributed by atoms with E-state index in [9.17, 15) is 4.79 Å². The fourth-order valence-corrected chi connectivity index (χ4v) is 1.67. The Kier molecular flexibility index (Phi) is 4.11. The summed E-state index contributed by atoms with van der Waals surface area (Å²) in [6.07, 6.45) is 1.71. The Morgan fingerprint density at radius 2 is 2.37 bits per heavy atom. The zero-order chi connectivity index (χ0) is 13.8. The molecule has 2 aromatic rings. The van der Waals surface area contributed by atoms with Gasteiger partial charge >= 0.3 is 0 Å². The van der Waals surface area contributed by atoms with Gasteiger partial charge in [0.05, 0.1) is 6.04 Å². The molecule has 0 aliphatic carbocycles. The van der Waals surface area contributed by atoms with Crippen LogP contribution in [-0.4, -0.2) is 32.0 Å². The third kappa shape index (κ3) is 3.29. The largest absolute Gasteiger partial charge is 0.345 e. The van der Waals surface area contributed by atoms with E-state index in [1.165, 1.54) is 0 Å². The molecule has 2 aromatic heterocycles. The van der Waals surface area contributed by atoms with E-state index in [4.69, 9.17) is 11.6 Å². The standard InChI is InChI=1S/C12H14ClN5O/c1-7-3-4-14-9(5-7)12-16-11(17-18-12)8(2)15-10(19)6-13/h3-5,8H,6H2,1-2H3,(H,15,19)(H,16,17,18). The highest BCUT2D eigenvalue weighted by Gasteiger charge is 2.14. The molecule has 7 heteroatoms. The van der Waals surface area contributed by atoms with Crippen LogP contribution >= 0.6 is 11.6 Å². The number of carbonyl (C=O) groups excluding carboxylic acids is 1. The second-order valence-electron chi connectivity index (χ2n) is 4.19. The van der Waals surface area contributed by atoms with E-state index in [0.717, 1.165) is 5.56 Å². The minimum absolute atomic E-state index is 0.0786. The number of aryl methyl sites for hydroxylation is 1. The fraction of sp³-hybridized carbons (Fsp3) is 0.333. The minimum Gasteiger partial charge on any atom is -0.345 e. The molecule has 1 amide bonds. The molecule has 0 aliphatic heterocycles. The molecule has 0 aromatic carbocycles. The predicted octanol–water partition coefficient (Wildman–Crippen LogP) is 1.59. The molecular formula is C12H14ClN5O. The molecule has 19 heavy (non-hydrogen) atoms. The summed E-state index contributed by atoms with van der Waals surface area (Å²) in [7, 11) is 0. The van der Waals surface area contributed by atoms with Crippen molar-refractivity contribution in [3.63, 3.8) is 0 Å². The Morgan fingerprint density at radius 3 is 3.05 bits per heavy atom. The van der Waals surface area contributed by atoms with Gasteiger partial charge in [-0.3, -0.25) is 14.9 Å². The van der Waals surface area contributed by atoms with Gasteiger partial charge in [-0.2, -0.15) is 5.10 Å². The summed E-state index contributed by atoms with van der Waals surface area (Å²) < 4.78 is 0. The van der Waals surface area contributed by atoms with Crippen molar-refractivity contribution in [1.82, 2.24) is 25.5 Å². The monoisotopic (exact) mass is 279 g/mol. The van der Waals surface area contributed by atoms with Crippen LogP contribution in [0.25, 0.3) is 11.5 Å². The van der Waals surface area contributed by atoms with Gasteiger partial charge in [-0.05, 0) is 31.5 Å². The van der Waals surface area contributed by atoms with Crippen molar-refractivity contribution < 1.29 is 4.79 Å². The highest BCUT2D eigenvalue weighted by atomic mass is 35.5. The molecule has 0 fully saturated rings. The number of carbonyl (C=O) groups is 1. The fourth-order valence-electron chi connectivity index (χ4n) is 1.59. The molecule has 2 N–H and O–H groups in total. The van der Waals surface area contributed by atoms with Crippen LogP contribution in [0.15, 0.2) is 18.3 Å². The van der Waals surface area contributed by atoms with E-state index in [1.807, 2.05) is 19.1 Å². The topological polar surface area (TPSA) is 83.6 Å². The van der Waals surface area contributed by atoms with Crippen LogP contribution < -0.4 is 5.32 Å². The van der Waals surface area contributed by atoms with E-state index >= 15 is 0 Å². The Morgan fingerprint density at radius 1 is 1.58 bits per heavy atom. The van der Waals surface area contributed by atoms with Gasteiger partial charge < -0.3 is 5.32 Å². The zero-order valence-electron chi connectivity index (χ0n) is 10.6. The van der Waals surface area contributed by atoms with Crippen LogP contribution in [0.2, 0.25) is 0 Å². The van der Waals surface area contributed by atoms with Crippen molar-refractivity contribution in [2.75, 3.05) is 5.88 Å². The van der Waals surface area contributed by atoms with Crippen molar-refractivity contribution in [2.45, 2.75) is 19.9 Å². The smallest absolute Gasteiger partial charge is 0.235 e. The minimum atomic E-state index is -0.280. The number of nitrogens with one attached hydrogen (secondary N) is 2. The number of aromatic nitrogens is 4. The van der Waals surface area contributed by atoms with Gasteiger partial charge in [0.1, 0.15) is 17.4 Å². The number of halogens is 1. The molecule has 0 spiro atoms. The molecule has 0 bridgehead atoms. The average molecular weight is 280 g/mol. The van der Waals surface area contributed by atoms with Crippen LogP contribution in [0.4, 0.5) is 0 Å². The Labute approximate surface area is 115 Å². The maximum atomic E-state index is 11.2. The zero-order valence-corrected chi connectivity index (χ0v) is 11.4. The van der Waals surface area contributed by atoms with Crippen molar-refractivity contribution >= 4 is 17.5 Å². The van der Waals surface area contributed by atoms with E-state index in [0.29, 0.717) is 17.3 Å². The lowest BCUT2D eigenvalue weighted by atomic mass is 10.2. The van der Waals surface area contributed by atoms with Gasteiger partial charge in [0.25, 0.3) is 0 Å². The quantitative estimate of drug-likeness (QED) is 0.833. The molecule has 6 nitrogen and oxygen atoms in total.